The van der Waals surface area contributed by atoms with Gasteiger partial charge in [-0.2, -0.15) is 0 Å². The molecular weight excluding hydrogens is 220 g/mol. The molecule has 2 rings (SSSR count). The summed E-state index contributed by atoms with van der Waals surface area (Å²) < 4.78 is 0. The minimum absolute atomic E-state index is 0.285. The predicted molar refractivity (Wildman–Crippen MR) is 80.4 cm³/mol. The van der Waals surface area contributed by atoms with Crippen LogP contribution in [0.25, 0.3) is 0 Å². The van der Waals surface area contributed by atoms with E-state index in [2.05, 4.69) is 20.8 Å². The van der Waals surface area contributed by atoms with E-state index in [9.17, 15) is 0 Å². The topological polar surface area (TPSA) is 52.0 Å². The van der Waals surface area contributed by atoms with Crippen LogP contribution in [-0.4, -0.2) is 11.1 Å². The zero-order valence-corrected chi connectivity index (χ0v) is 13.6. The molecule has 0 aliphatic heterocycles. The lowest BCUT2D eigenvalue weighted by Crippen LogP contribution is -2.58. The van der Waals surface area contributed by atoms with E-state index in [0.717, 1.165) is 5.92 Å². The van der Waals surface area contributed by atoms with Gasteiger partial charge in [-0.3, -0.25) is 0 Å². The second-order valence-corrected chi connectivity index (χ2v) is 8.50. The van der Waals surface area contributed by atoms with Crippen molar-refractivity contribution < 1.29 is 0 Å². The van der Waals surface area contributed by atoms with Gasteiger partial charge in [-0.15, -0.1) is 0 Å². The van der Waals surface area contributed by atoms with Crippen molar-refractivity contribution in [1.29, 1.82) is 0 Å². The molecule has 0 aromatic rings. The van der Waals surface area contributed by atoms with Crippen LogP contribution in [0.4, 0.5) is 0 Å². The van der Waals surface area contributed by atoms with Crippen molar-refractivity contribution in [1.82, 2.24) is 0 Å². The van der Waals surface area contributed by atoms with Crippen LogP contribution >= 0.6 is 0 Å². The number of hydrogen-bond acceptors (Lipinski definition) is 2. The molecule has 4 N–H and O–H groups in total. The standard InChI is InChI=1S/C10H18.C6H16N2/c1-9(2)8-4-6-10(9,3)7-5-8;1-5(2,7)6(3,4)8/h8H,4-7H2,1-3H3;7-8H2,1-4H3. The summed E-state index contributed by atoms with van der Waals surface area (Å²) in [7, 11) is 0. The van der Waals surface area contributed by atoms with Crippen molar-refractivity contribution >= 4 is 0 Å². The highest BCUT2D eigenvalue weighted by atomic mass is 14.9. The molecule has 0 radical (unpaired) electrons. The highest BCUT2D eigenvalue weighted by Gasteiger charge is 2.55. The van der Waals surface area contributed by atoms with Crippen molar-refractivity contribution in [2.75, 3.05) is 0 Å². The largest absolute Gasteiger partial charge is 0.324 e. The summed E-state index contributed by atoms with van der Waals surface area (Å²) in [6.07, 6.45) is 5.99. The Bertz CT molecular complexity index is 268. The van der Waals surface area contributed by atoms with Gasteiger partial charge in [0.1, 0.15) is 0 Å². The minimum Gasteiger partial charge on any atom is -0.324 e. The summed E-state index contributed by atoms with van der Waals surface area (Å²) in [5, 5.41) is 0. The third-order valence-electron chi connectivity index (χ3n) is 6.33. The average Bonchev–Trinajstić information content (AvgIpc) is 2.48. The molecule has 2 heteroatoms. The number of rotatable bonds is 1. The molecule has 0 aromatic heterocycles. The average molecular weight is 254 g/mol. The van der Waals surface area contributed by atoms with Crippen molar-refractivity contribution in [2.45, 2.75) is 85.2 Å². The molecule has 2 nitrogen and oxygen atoms in total. The van der Waals surface area contributed by atoms with Gasteiger partial charge in [-0.1, -0.05) is 20.8 Å². The molecule has 0 unspecified atom stereocenters. The molecule has 2 aliphatic carbocycles. The lowest BCUT2D eigenvalue weighted by molar-refractivity contribution is 0.152. The third-order valence-corrected chi connectivity index (χ3v) is 6.33. The van der Waals surface area contributed by atoms with E-state index >= 15 is 0 Å². The summed E-state index contributed by atoms with van der Waals surface area (Å²) in [4.78, 5) is 0. The van der Waals surface area contributed by atoms with E-state index in [0.29, 0.717) is 10.8 Å². The molecule has 0 saturated heterocycles. The number of fused-ring (bicyclic) bond motifs is 2. The first-order chi connectivity index (χ1) is 7.81. The Morgan fingerprint density at radius 2 is 1.17 bits per heavy atom. The van der Waals surface area contributed by atoms with Crippen molar-refractivity contribution in [3.8, 4) is 0 Å². The fourth-order valence-electron chi connectivity index (χ4n) is 3.11. The molecule has 2 bridgehead atoms. The lowest BCUT2D eigenvalue weighted by atomic mass is 9.71. The van der Waals surface area contributed by atoms with E-state index in [4.69, 9.17) is 11.5 Å². The van der Waals surface area contributed by atoms with Gasteiger partial charge >= 0.3 is 0 Å². The Kier molecular flexibility index (Phi) is 3.98. The molecule has 0 atom stereocenters. The quantitative estimate of drug-likeness (QED) is 0.750. The van der Waals surface area contributed by atoms with Crippen molar-refractivity contribution in [3.05, 3.63) is 0 Å². The molecule has 2 aliphatic rings. The van der Waals surface area contributed by atoms with Crippen molar-refractivity contribution in [2.24, 2.45) is 28.2 Å². The number of hydrogen-bond donors (Lipinski definition) is 2. The maximum Gasteiger partial charge on any atom is 0.0274 e. The highest BCUT2D eigenvalue weighted by molar-refractivity contribution is 5.05. The molecule has 0 spiro atoms. The Morgan fingerprint density at radius 1 is 0.833 bits per heavy atom. The van der Waals surface area contributed by atoms with Gasteiger partial charge in [0.05, 0.1) is 0 Å². The highest BCUT2D eigenvalue weighted by Crippen LogP contribution is 2.65. The predicted octanol–water partition coefficient (Wildman–Crippen LogP) is 3.68. The Labute approximate surface area is 114 Å². The van der Waals surface area contributed by atoms with Gasteiger partial charge in [-0.05, 0) is 70.1 Å². The zero-order valence-electron chi connectivity index (χ0n) is 13.6. The van der Waals surface area contributed by atoms with Crippen molar-refractivity contribution in [3.63, 3.8) is 0 Å². The summed E-state index contributed by atoms with van der Waals surface area (Å²) in [5.74, 6) is 1.05. The van der Waals surface area contributed by atoms with Crippen LogP contribution in [0.15, 0.2) is 0 Å². The van der Waals surface area contributed by atoms with Gasteiger partial charge in [0, 0.05) is 11.1 Å². The van der Waals surface area contributed by atoms with E-state index < -0.39 is 0 Å². The van der Waals surface area contributed by atoms with E-state index in [1.165, 1.54) is 25.7 Å². The molecule has 0 aromatic carbocycles. The van der Waals surface area contributed by atoms with Gasteiger partial charge in [0.15, 0.2) is 0 Å². The summed E-state index contributed by atoms with van der Waals surface area (Å²) in [6.45, 7) is 15.1. The minimum atomic E-state index is -0.285. The Hall–Kier alpha value is -0.0800. The van der Waals surface area contributed by atoms with Gasteiger partial charge in [-0.25, -0.2) is 0 Å². The maximum atomic E-state index is 5.69. The van der Waals surface area contributed by atoms with E-state index in [-0.39, 0.29) is 11.1 Å². The Balaban J connectivity index is 0.000000187. The van der Waals surface area contributed by atoms with Crippen LogP contribution < -0.4 is 11.5 Å². The fourth-order valence-corrected chi connectivity index (χ4v) is 3.11. The molecule has 18 heavy (non-hydrogen) atoms. The molecule has 2 fully saturated rings. The molecule has 0 amide bonds. The zero-order chi connectivity index (χ0) is 14.4. The van der Waals surface area contributed by atoms with Gasteiger partial charge < -0.3 is 11.5 Å². The monoisotopic (exact) mass is 254 g/mol. The first kappa shape index (κ1) is 16.0. The molecule has 108 valence electrons. The van der Waals surface area contributed by atoms with E-state index in [1.807, 2.05) is 27.7 Å². The summed E-state index contributed by atoms with van der Waals surface area (Å²) >= 11 is 0. The van der Waals surface area contributed by atoms with Crippen LogP contribution in [-0.2, 0) is 0 Å². The maximum absolute atomic E-state index is 5.69. The summed E-state index contributed by atoms with van der Waals surface area (Å²) in [5.41, 5.74) is 12.2. The fraction of sp³-hybridized carbons (Fsp3) is 1.00. The first-order valence-corrected chi connectivity index (χ1v) is 7.39. The Morgan fingerprint density at radius 3 is 1.22 bits per heavy atom. The lowest BCUT2D eigenvalue weighted by Gasteiger charge is -2.34. The molecule has 0 heterocycles. The van der Waals surface area contributed by atoms with Crippen LogP contribution in [0.1, 0.15) is 74.1 Å². The summed E-state index contributed by atoms with van der Waals surface area (Å²) in [6, 6.07) is 0. The SMILES string of the molecule is CC(C)(N)C(C)(C)N.CC12CCC(CC1)C2(C)C. The van der Waals surface area contributed by atoms with E-state index in [1.54, 1.807) is 0 Å². The smallest absolute Gasteiger partial charge is 0.0274 e. The van der Waals surface area contributed by atoms with Gasteiger partial charge in [0.2, 0.25) is 0 Å². The second-order valence-electron chi connectivity index (χ2n) is 8.50. The van der Waals surface area contributed by atoms with Crippen LogP contribution in [0.3, 0.4) is 0 Å². The van der Waals surface area contributed by atoms with Gasteiger partial charge in [0.25, 0.3) is 0 Å². The third kappa shape index (κ3) is 2.75. The normalized spacial score (nSPS) is 34.2. The van der Waals surface area contributed by atoms with Crippen LogP contribution in [0, 0.1) is 16.7 Å². The van der Waals surface area contributed by atoms with Crippen LogP contribution in [0.5, 0.6) is 0 Å². The molecule has 2 saturated carbocycles. The molecular formula is C16H34N2. The van der Waals surface area contributed by atoms with Crippen LogP contribution in [0.2, 0.25) is 0 Å². The first-order valence-electron chi connectivity index (χ1n) is 7.39. The second kappa shape index (κ2) is 4.49. The number of nitrogens with two attached hydrogens (primary N) is 2.